The highest BCUT2D eigenvalue weighted by molar-refractivity contribution is 6.30. The Hall–Kier alpha value is -0.530. The Kier molecular flexibility index (Phi) is 2.07. The molecule has 0 aliphatic heterocycles. The monoisotopic (exact) mass is 181 g/mol. The average molecular weight is 182 g/mol. The van der Waals surface area contributed by atoms with Crippen molar-refractivity contribution in [3.05, 3.63) is 34.3 Å². The second-order valence-corrected chi connectivity index (χ2v) is 3.78. The van der Waals surface area contributed by atoms with E-state index in [0.29, 0.717) is 0 Å². The number of hydrogen-bond acceptors (Lipinski definition) is 1. The summed E-state index contributed by atoms with van der Waals surface area (Å²) in [6, 6.07) is 6.24. The molecule has 1 aromatic carbocycles. The third-order valence-electron chi connectivity index (χ3n) is 2.47. The van der Waals surface area contributed by atoms with Gasteiger partial charge in [0.05, 0.1) is 0 Å². The molecular weight excluding hydrogens is 170 g/mol. The minimum absolute atomic E-state index is 0.228. The third kappa shape index (κ3) is 1.35. The van der Waals surface area contributed by atoms with Crippen LogP contribution in [-0.2, 0) is 6.42 Å². The highest BCUT2D eigenvalue weighted by Crippen LogP contribution is 2.29. The van der Waals surface area contributed by atoms with Crippen molar-refractivity contribution in [2.24, 2.45) is 5.73 Å². The van der Waals surface area contributed by atoms with Crippen molar-refractivity contribution in [1.29, 1.82) is 0 Å². The summed E-state index contributed by atoms with van der Waals surface area (Å²) in [5.74, 6) is 0. The van der Waals surface area contributed by atoms with E-state index in [1.807, 2.05) is 12.1 Å². The molecule has 2 heteroatoms. The molecule has 0 fully saturated rings. The first kappa shape index (κ1) is 8.09. The highest BCUT2D eigenvalue weighted by atomic mass is 35.5. The van der Waals surface area contributed by atoms with Crippen LogP contribution in [0.5, 0.6) is 0 Å². The number of hydrogen-bond donors (Lipinski definition) is 1. The van der Waals surface area contributed by atoms with Crippen LogP contribution in [0.1, 0.15) is 30.0 Å². The van der Waals surface area contributed by atoms with E-state index >= 15 is 0 Å². The summed E-state index contributed by atoms with van der Waals surface area (Å²) in [5, 5.41) is 0.822. The lowest BCUT2D eigenvalue weighted by molar-refractivity contribution is 0.570. The molecule has 1 nitrogen and oxygen atoms in total. The predicted molar refractivity (Wildman–Crippen MR) is 51.3 cm³/mol. The van der Waals surface area contributed by atoms with Crippen molar-refractivity contribution in [3.63, 3.8) is 0 Å². The van der Waals surface area contributed by atoms with Crippen LogP contribution in [0.2, 0.25) is 5.02 Å². The summed E-state index contributed by atoms with van der Waals surface area (Å²) in [6.07, 6.45) is 3.42. The first-order valence-electron chi connectivity index (χ1n) is 4.31. The van der Waals surface area contributed by atoms with Crippen molar-refractivity contribution in [2.75, 3.05) is 0 Å². The van der Waals surface area contributed by atoms with Gasteiger partial charge in [0.1, 0.15) is 0 Å². The van der Waals surface area contributed by atoms with Gasteiger partial charge in [0.25, 0.3) is 0 Å². The van der Waals surface area contributed by atoms with Crippen LogP contribution in [0.3, 0.4) is 0 Å². The molecule has 0 aromatic heterocycles. The van der Waals surface area contributed by atoms with Gasteiger partial charge in [-0.1, -0.05) is 17.7 Å². The third-order valence-corrected chi connectivity index (χ3v) is 2.70. The number of halogens is 1. The maximum absolute atomic E-state index is 5.95. The molecule has 2 N–H and O–H groups in total. The fraction of sp³-hybridized carbons (Fsp3) is 0.400. The lowest BCUT2D eigenvalue weighted by Gasteiger charge is -2.21. The number of aryl methyl sites for hydroxylation is 1. The fourth-order valence-corrected chi connectivity index (χ4v) is 2.02. The molecule has 1 unspecified atom stereocenters. The lowest BCUT2D eigenvalue weighted by Crippen LogP contribution is -2.16. The van der Waals surface area contributed by atoms with Crippen LogP contribution in [0, 0.1) is 0 Å². The van der Waals surface area contributed by atoms with Crippen molar-refractivity contribution < 1.29 is 0 Å². The molecule has 0 bridgehead atoms. The molecule has 1 atom stereocenters. The van der Waals surface area contributed by atoms with E-state index in [-0.39, 0.29) is 6.04 Å². The molecule has 0 radical (unpaired) electrons. The second kappa shape index (κ2) is 3.08. The normalized spacial score (nSPS) is 22.0. The minimum Gasteiger partial charge on any atom is -0.324 e. The molecule has 12 heavy (non-hydrogen) atoms. The van der Waals surface area contributed by atoms with Gasteiger partial charge in [0.2, 0.25) is 0 Å². The average Bonchev–Trinajstić information content (AvgIpc) is 2.04. The largest absolute Gasteiger partial charge is 0.324 e. The van der Waals surface area contributed by atoms with Crippen LogP contribution < -0.4 is 5.73 Å². The Morgan fingerprint density at radius 1 is 1.42 bits per heavy atom. The van der Waals surface area contributed by atoms with Gasteiger partial charge in [0, 0.05) is 11.1 Å². The number of fused-ring (bicyclic) bond motifs is 1. The summed E-state index contributed by atoms with van der Waals surface area (Å²) >= 11 is 5.88. The lowest BCUT2D eigenvalue weighted by atomic mass is 9.88. The van der Waals surface area contributed by atoms with E-state index in [4.69, 9.17) is 17.3 Å². The fourth-order valence-electron chi connectivity index (χ4n) is 1.82. The molecule has 1 aromatic rings. The van der Waals surface area contributed by atoms with E-state index < -0.39 is 0 Å². The molecule has 1 aliphatic rings. The Bertz CT molecular complexity index is 296. The van der Waals surface area contributed by atoms with Crippen LogP contribution in [0.15, 0.2) is 18.2 Å². The van der Waals surface area contributed by atoms with Crippen molar-refractivity contribution in [1.82, 2.24) is 0 Å². The molecule has 0 amide bonds. The molecule has 1 aliphatic carbocycles. The van der Waals surface area contributed by atoms with Crippen molar-refractivity contribution in [2.45, 2.75) is 25.3 Å². The number of benzene rings is 1. The summed E-state index contributed by atoms with van der Waals surface area (Å²) < 4.78 is 0. The second-order valence-electron chi connectivity index (χ2n) is 3.34. The Morgan fingerprint density at radius 3 is 3.08 bits per heavy atom. The van der Waals surface area contributed by atoms with Gasteiger partial charge in [-0.25, -0.2) is 0 Å². The Labute approximate surface area is 77.5 Å². The van der Waals surface area contributed by atoms with Crippen LogP contribution in [0.4, 0.5) is 0 Å². The van der Waals surface area contributed by atoms with Gasteiger partial charge in [-0.05, 0) is 42.5 Å². The van der Waals surface area contributed by atoms with Crippen LogP contribution in [0.25, 0.3) is 0 Å². The van der Waals surface area contributed by atoms with Crippen LogP contribution in [-0.4, -0.2) is 0 Å². The number of nitrogens with two attached hydrogens (primary N) is 1. The van der Waals surface area contributed by atoms with E-state index in [2.05, 4.69) is 6.07 Å². The van der Waals surface area contributed by atoms with E-state index in [9.17, 15) is 0 Å². The SMILES string of the molecule is NC1CCCc2cc(Cl)ccc21. The van der Waals surface area contributed by atoms with Gasteiger partial charge < -0.3 is 5.73 Å². The van der Waals surface area contributed by atoms with E-state index in [1.54, 1.807) is 0 Å². The molecule has 2 rings (SSSR count). The Morgan fingerprint density at radius 2 is 2.25 bits per heavy atom. The van der Waals surface area contributed by atoms with E-state index in [0.717, 1.165) is 17.9 Å². The van der Waals surface area contributed by atoms with Gasteiger partial charge in [0.15, 0.2) is 0 Å². The Balaban J connectivity index is 2.46. The van der Waals surface area contributed by atoms with Crippen molar-refractivity contribution >= 4 is 11.6 Å². The smallest absolute Gasteiger partial charge is 0.0408 e. The van der Waals surface area contributed by atoms with Gasteiger partial charge in [-0.3, -0.25) is 0 Å². The molecule has 0 spiro atoms. The topological polar surface area (TPSA) is 26.0 Å². The zero-order chi connectivity index (χ0) is 8.55. The molecule has 0 saturated heterocycles. The molecule has 0 saturated carbocycles. The van der Waals surface area contributed by atoms with Gasteiger partial charge in [-0.2, -0.15) is 0 Å². The zero-order valence-corrected chi connectivity index (χ0v) is 7.64. The van der Waals surface area contributed by atoms with Crippen LogP contribution >= 0.6 is 11.6 Å². The minimum atomic E-state index is 0.228. The molecular formula is C10H12ClN. The first-order chi connectivity index (χ1) is 5.77. The quantitative estimate of drug-likeness (QED) is 0.655. The zero-order valence-electron chi connectivity index (χ0n) is 6.89. The maximum atomic E-state index is 5.95. The number of rotatable bonds is 0. The highest BCUT2D eigenvalue weighted by Gasteiger charge is 2.15. The standard InChI is InChI=1S/C10H12ClN/c11-8-4-5-9-7(6-8)2-1-3-10(9)12/h4-6,10H,1-3,12H2. The van der Waals surface area contributed by atoms with E-state index in [1.165, 1.54) is 17.5 Å². The van der Waals surface area contributed by atoms with Gasteiger partial charge >= 0.3 is 0 Å². The predicted octanol–water partition coefficient (Wildman–Crippen LogP) is 2.68. The molecule has 0 heterocycles. The molecule has 64 valence electrons. The summed E-state index contributed by atoms with van der Waals surface area (Å²) in [5.41, 5.74) is 8.57. The summed E-state index contributed by atoms with van der Waals surface area (Å²) in [7, 11) is 0. The summed E-state index contributed by atoms with van der Waals surface area (Å²) in [4.78, 5) is 0. The van der Waals surface area contributed by atoms with Crippen molar-refractivity contribution in [3.8, 4) is 0 Å². The maximum Gasteiger partial charge on any atom is 0.0408 e. The van der Waals surface area contributed by atoms with Gasteiger partial charge in [-0.15, -0.1) is 0 Å². The first-order valence-corrected chi connectivity index (χ1v) is 4.69. The summed E-state index contributed by atoms with van der Waals surface area (Å²) in [6.45, 7) is 0.